The van der Waals surface area contributed by atoms with Crippen LogP contribution in [0.2, 0.25) is 0 Å². The maximum Gasteiger partial charge on any atom is 0.117 e. The molecule has 0 aliphatic rings. The predicted octanol–water partition coefficient (Wildman–Crippen LogP) is 2.37. The van der Waals surface area contributed by atoms with Gasteiger partial charge < -0.3 is 9.73 Å². The number of unbranched alkanes of at least 4 members (excludes halogenated alkanes) is 2. The maximum atomic E-state index is 8.32. The largest absolute Gasteiger partial charge is 0.465 e. The molecule has 1 rings (SSSR count). The molecule has 0 amide bonds. The number of hydrogen-bond donors (Lipinski definition) is 1. The van der Waals surface area contributed by atoms with E-state index in [-0.39, 0.29) is 0 Å². The highest BCUT2D eigenvalue weighted by Gasteiger charge is 1.96. The molecular weight excluding hydrogens is 176 g/mol. The van der Waals surface area contributed by atoms with E-state index in [2.05, 4.69) is 11.4 Å². The van der Waals surface area contributed by atoms with Gasteiger partial charge in [-0.05, 0) is 38.4 Å². The minimum Gasteiger partial charge on any atom is -0.465 e. The molecule has 0 bridgehead atoms. The SMILES string of the molecule is Cc1ccc(CNCCCCC#N)o1. The van der Waals surface area contributed by atoms with Gasteiger partial charge in [0, 0.05) is 6.42 Å². The zero-order valence-electron chi connectivity index (χ0n) is 8.55. The van der Waals surface area contributed by atoms with Crippen molar-refractivity contribution < 1.29 is 4.42 Å². The summed E-state index contributed by atoms with van der Waals surface area (Å²) in [6, 6.07) is 6.08. The number of nitrogens with zero attached hydrogens (tertiary/aromatic N) is 1. The van der Waals surface area contributed by atoms with Crippen LogP contribution in [0.4, 0.5) is 0 Å². The first kappa shape index (κ1) is 10.8. The smallest absolute Gasteiger partial charge is 0.117 e. The molecule has 0 radical (unpaired) electrons. The van der Waals surface area contributed by atoms with Crippen LogP contribution in [0.1, 0.15) is 30.8 Å². The number of nitriles is 1. The molecule has 0 aliphatic heterocycles. The summed E-state index contributed by atoms with van der Waals surface area (Å²) < 4.78 is 5.40. The Hall–Kier alpha value is -1.27. The number of rotatable bonds is 6. The summed E-state index contributed by atoms with van der Waals surface area (Å²) in [7, 11) is 0. The summed E-state index contributed by atoms with van der Waals surface area (Å²) >= 11 is 0. The molecule has 0 saturated heterocycles. The van der Waals surface area contributed by atoms with Crippen molar-refractivity contribution in [3.63, 3.8) is 0 Å². The van der Waals surface area contributed by atoms with Crippen molar-refractivity contribution in [1.29, 1.82) is 5.26 Å². The van der Waals surface area contributed by atoms with Crippen molar-refractivity contribution >= 4 is 0 Å². The van der Waals surface area contributed by atoms with E-state index in [0.29, 0.717) is 6.42 Å². The summed E-state index contributed by atoms with van der Waals surface area (Å²) in [5.74, 6) is 1.93. The fourth-order valence-electron chi connectivity index (χ4n) is 1.25. The number of furan rings is 1. The van der Waals surface area contributed by atoms with Crippen LogP contribution in [0.5, 0.6) is 0 Å². The zero-order valence-corrected chi connectivity index (χ0v) is 8.55. The van der Waals surface area contributed by atoms with E-state index < -0.39 is 0 Å². The monoisotopic (exact) mass is 192 g/mol. The first-order chi connectivity index (χ1) is 6.83. The second kappa shape index (κ2) is 6.22. The van der Waals surface area contributed by atoms with Crippen LogP contribution in [0.15, 0.2) is 16.5 Å². The fourth-order valence-corrected chi connectivity index (χ4v) is 1.25. The Kier molecular flexibility index (Phi) is 4.81. The van der Waals surface area contributed by atoms with Gasteiger partial charge in [0.15, 0.2) is 0 Å². The van der Waals surface area contributed by atoms with E-state index in [1.807, 2.05) is 19.1 Å². The van der Waals surface area contributed by atoms with Crippen molar-refractivity contribution in [2.75, 3.05) is 6.54 Å². The number of hydrogen-bond acceptors (Lipinski definition) is 3. The molecule has 1 N–H and O–H groups in total. The van der Waals surface area contributed by atoms with E-state index in [9.17, 15) is 0 Å². The molecule has 3 nitrogen and oxygen atoms in total. The van der Waals surface area contributed by atoms with Crippen molar-refractivity contribution in [1.82, 2.24) is 5.32 Å². The number of aryl methyl sites for hydroxylation is 1. The van der Waals surface area contributed by atoms with Crippen LogP contribution in [-0.4, -0.2) is 6.54 Å². The fraction of sp³-hybridized carbons (Fsp3) is 0.545. The summed E-state index contributed by atoms with van der Waals surface area (Å²) in [6.45, 7) is 3.66. The first-order valence-electron chi connectivity index (χ1n) is 4.96. The molecule has 3 heteroatoms. The van der Waals surface area contributed by atoms with Gasteiger partial charge in [0.2, 0.25) is 0 Å². The molecule has 1 aromatic rings. The van der Waals surface area contributed by atoms with Gasteiger partial charge in [-0.3, -0.25) is 0 Å². The standard InChI is InChI=1S/C11H16N2O/c1-10-5-6-11(14-10)9-13-8-4-2-3-7-12/h5-6,13H,2-4,8-9H2,1H3. The zero-order chi connectivity index (χ0) is 10.2. The molecule has 0 spiro atoms. The summed E-state index contributed by atoms with van der Waals surface area (Å²) in [5.41, 5.74) is 0. The highest BCUT2D eigenvalue weighted by Crippen LogP contribution is 2.05. The van der Waals surface area contributed by atoms with Crippen LogP contribution in [0.3, 0.4) is 0 Å². The summed E-state index contributed by atoms with van der Waals surface area (Å²) in [6.07, 6.45) is 2.68. The molecule has 14 heavy (non-hydrogen) atoms. The average Bonchev–Trinajstić information content (AvgIpc) is 2.58. The second-order valence-corrected chi connectivity index (χ2v) is 3.30. The lowest BCUT2D eigenvalue weighted by atomic mass is 10.2. The van der Waals surface area contributed by atoms with Gasteiger partial charge >= 0.3 is 0 Å². The van der Waals surface area contributed by atoms with Crippen LogP contribution < -0.4 is 5.32 Å². The minimum absolute atomic E-state index is 0.654. The molecule has 0 unspecified atom stereocenters. The van der Waals surface area contributed by atoms with Crippen molar-refractivity contribution in [3.05, 3.63) is 23.7 Å². The molecular formula is C11H16N2O. The first-order valence-corrected chi connectivity index (χ1v) is 4.96. The normalized spacial score (nSPS) is 10.0. The van der Waals surface area contributed by atoms with Crippen molar-refractivity contribution in [2.24, 2.45) is 0 Å². The molecule has 0 saturated carbocycles. The lowest BCUT2D eigenvalue weighted by Crippen LogP contribution is -2.13. The minimum atomic E-state index is 0.654. The Labute approximate surface area is 84.7 Å². The Morgan fingerprint density at radius 2 is 2.29 bits per heavy atom. The third kappa shape index (κ3) is 4.11. The van der Waals surface area contributed by atoms with Gasteiger partial charge in [-0.25, -0.2) is 0 Å². The van der Waals surface area contributed by atoms with E-state index in [4.69, 9.17) is 9.68 Å². The van der Waals surface area contributed by atoms with Crippen molar-refractivity contribution in [3.8, 4) is 6.07 Å². The molecule has 0 aromatic carbocycles. The predicted molar refractivity (Wildman–Crippen MR) is 54.6 cm³/mol. The number of nitrogens with one attached hydrogen (secondary N) is 1. The van der Waals surface area contributed by atoms with E-state index in [1.165, 1.54) is 0 Å². The van der Waals surface area contributed by atoms with Gasteiger partial charge in [0.1, 0.15) is 11.5 Å². The van der Waals surface area contributed by atoms with Gasteiger partial charge in [0.25, 0.3) is 0 Å². The Morgan fingerprint density at radius 1 is 1.43 bits per heavy atom. The quantitative estimate of drug-likeness (QED) is 0.704. The summed E-state index contributed by atoms with van der Waals surface area (Å²) in [4.78, 5) is 0. The molecule has 0 aliphatic carbocycles. The Morgan fingerprint density at radius 3 is 2.93 bits per heavy atom. The van der Waals surface area contributed by atoms with E-state index >= 15 is 0 Å². The van der Waals surface area contributed by atoms with Crippen LogP contribution in [0, 0.1) is 18.3 Å². The van der Waals surface area contributed by atoms with Gasteiger partial charge in [-0.15, -0.1) is 0 Å². The lowest BCUT2D eigenvalue weighted by Gasteiger charge is -2.00. The lowest BCUT2D eigenvalue weighted by molar-refractivity contribution is 0.459. The molecule has 1 aromatic heterocycles. The van der Waals surface area contributed by atoms with Gasteiger partial charge in [-0.2, -0.15) is 5.26 Å². The molecule has 76 valence electrons. The van der Waals surface area contributed by atoms with Gasteiger partial charge in [-0.1, -0.05) is 0 Å². The van der Waals surface area contributed by atoms with E-state index in [0.717, 1.165) is 37.5 Å². The maximum absolute atomic E-state index is 8.32. The Balaban J connectivity index is 2.02. The van der Waals surface area contributed by atoms with Crippen molar-refractivity contribution in [2.45, 2.75) is 32.7 Å². The molecule has 1 heterocycles. The summed E-state index contributed by atoms with van der Waals surface area (Å²) in [5, 5.41) is 11.6. The highest BCUT2D eigenvalue weighted by atomic mass is 16.3. The van der Waals surface area contributed by atoms with E-state index in [1.54, 1.807) is 0 Å². The highest BCUT2D eigenvalue weighted by molar-refractivity contribution is 5.04. The topological polar surface area (TPSA) is 49.0 Å². The van der Waals surface area contributed by atoms with Crippen LogP contribution in [-0.2, 0) is 6.54 Å². The second-order valence-electron chi connectivity index (χ2n) is 3.30. The average molecular weight is 192 g/mol. The Bertz CT molecular complexity index is 298. The third-order valence-electron chi connectivity index (χ3n) is 1.99. The van der Waals surface area contributed by atoms with Crippen LogP contribution >= 0.6 is 0 Å². The van der Waals surface area contributed by atoms with Crippen LogP contribution in [0.25, 0.3) is 0 Å². The molecule has 0 fully saturated rings. The third-order valence-corrected chi connectivity index (χ3v) is 1.99. The van der Waals surface area contributed by atoms with Gasteiger partial charge in [0.05, 0.1) is 12.6 Å². The molecule has 0 atom stereocenters.